The third-order valence-electron chi connectivity index (χ3n) is 1.88. The molecule has 0 aliphatic rings. The van der Waals surface area contributed by atoms with Gasteiger partial charge in [-0.25, -0.2) is 19.2 Å². The summed E-state index contributed by atoms with van der Waals surface area (Å²) in [6, 6.07) is 0. The molecule has 0 aliphatic heterocycles. The average molecular weight is 270 g/mol. The summed E-state index contributed by atoms with van der Waals surface area (Å²) in [5.74, 6) is -3.51. The monoisotopic (exact) mass is 270 g/mol. The van der Waals surface area contributed by atoms with Crippen LogP contribution in [0.3, 0.4) is 0 Å². The molecule has 0 amide bonds. The van der Waals surface area contributed by atoms with E-state index in [1.807, 2.05) is 0 Å². The second-order valence-corrected chi connectivity index (χ2v) is 3.38. The number of carbonyl (C=O) groups is 4. The fourth-order valence-corrected chi connectivity index (χ4v) is 0.951. The van der Waals surface area contributed by atoms with Gasteiger partial charge in [-0.05, 0) is 13.8 Å². The van der Waals surface area contributed by atoms with Crippen LogP contribution in [0.4, 0.5) is 0 Å². The van der Waals surface area contributed by atoms with Crippen molar-refractivity contribution >= 4 is 23.9 Å². The van der Waals surface area contributed by atoms with E-state index in [0.717, 1.165) is 26.4 Å². The third-order valence-corrected chi connectivity index (χ3v) is 1.88. The Labute approximate surface area is 109 Å². The predicted molar refractivity (Wildman–Crippen MR) is 62.6 cm³/mol. The van der Waals surface area contributed by atoms with E-state index < -0.39 is 23.9 Å². The zero-order chi connectivity index (χ0) is 15.0. The van der Waals surface area contributed by atoms with Crippen LogP contribution in [0.1, 0.15) is 13.8 Å². The van der Waals surface area contributed by atoms with E-state index in [1.54, 1.807) is 0 Å². The van der Waals surface area contributed by atoms with Crippen molar-refractivity contribution in [2.75, 3.05) is 14.2 Å². The molecule has 0 bridgehead atoms. The molecule has 0 atom stereocenters. The predicted octanol–water partition coefficient (Wildman–Crippen LogP) is 0.295. The molecule has 0 fully saturated rings. The molecule has 0 rings (SSSR count). The van der Waals surface area contributed by atoms with Crippen LogP contribution >= 0.6 is 0 Å². The SMILES string of the molecule is COC(=O)/C(C)=C\C(=O)OC(=O)/C=C(/C)C(=O)OC. The Bertz CT molecular complexity index is 415. The summed E-state index contributed by atoms with van der Waals surface area (Å²) >= 11 is 0. The summed E-state index contributed by atoms with van der Waals surface area (Å²) in [7, 11) is 2.30. The number of hydrogen-bond donors (Lipinski definition) is 0. The quantitative estimate of drug-likeness (QED) is 0.313. The highest BCUT2D eigenvalue weighted by Gasteiger charge is 2.12. The van der Waals surface area contributed by atoms with Crippen LogP contribution in [0.25, 0.3) is 0 Å². The van der Waals surface area contributed by atoms with Crippen molar-refractivity contribution in [3.05, 3.63) is 23.3 Å². The standard InChI is InChI=1S/C12H14O7/c1-7(11(15)17-3)5-9(13)19-10(14)6-8(2)12(16)18-4/h5-6H,1-4H3/b7-5-,8-6-. The zero-order valence-corrected chi connectivity index (χ0v) is 11.0. The minimum absolute atomic E-state index is 0.0195. The number of rotatable bonds is 4. The fourth-order valence-electron chi connectivity index (χ4n) is 0.951. The van der Waals surface area contributed by atoms with Gasteiger partial charge in [-0.2, -0.15) is 0 Å². The lowest BCUT2D eigenvalue weighted by Crippen LogP contribution is -2.12. The van der Waals surface area contributed by atoms with Crippen molar-refractivity contribution in [1.29, 1.82) is 0 Å². The van der Waals surface area contributed by atoms with Gasteiger partial charge in [-0.3, -0.25) is 0 Å². The zero-order valence-electron chi connectivity index (χ0n) is 11.0. The van der Waals surface area contributed by atoms with Gasteiger partial charge in [-0.1, -0.05) is 0 Å². The normalized spacial score (nSPS) is 11.6. The van der Waals surface area contributed by atoms with Crippen molar-refractivity contribution in [3.8, 4) is 0 Å². The molecule has 0 unspecified atom stereocenters. The van der Waals surface area contributed by atoms with Gasteiger partial charge < -0.3 is 14.2 Å². The van der Waals surface area contributed by atoms with Gasteiger partial charge in [-0.15, -0.1) is 0 Å². The molecular formula is C12H14O7. The van der Waals surface area contributed by atoms with Gasteiger partial charge in [0.05, 0.1) is 14.2 Å². The molecule has 0 aromatic rings. The van der Waals surface area contributed by atoms with E-state index in [0.29, 0.717) is 0 Å². The van der Waals surface area contributed by atoms with Gasteiger partial charge in [0.25, 0.3) is 0 Å². The van der Waals surface area contributed by atoms with Crippen molar-refractivity contribution in [3.63, 3.8) is 0 Å². The first-order chi connectivity index (χ1) is 8.81. The lowest BCUT2D eigenvalue weighted by atomic mass is 10.3. The Kier molecular flexibility index (Phi) is 6.80. The molecule has 0 N–H and O–H groups in total. The summed E-state index contributed by atoms with van der Waals surface area (Å²) in [5.41, 5.74) is -0.0389. The second kappa shape index (κ2) is 7.80. The molecule has 0 heterocycles. The Morgan fingerprint density at radius 1 is 0.737 bits per heavy atom. The Balaban J connectivity index is 4.63. The number of hydrogen-bond acceptors (Lipinski definition) is 7. The van der Waals surface area contributed by atoms with E-state index in [1.165, 1.54) is 13.8 Å². The van der Waals surface area contributed by atoms with Gasteiger partial charge in [0, 0.05) is 23.3 Å². The second-order valence-electron chi connectivity index (χ2n) is 3.38. The van der Waals surface area contributed by atoms with E-state index in [-0.39, 0.29) is 11.1 Å². The van der Waals surface area contributed by atoms with Crippen LogP contribution < -0.4 is 0 Å². The number of esters is 4. The molecule has 0 aromatic carbocycles. The number of carbonyl (C=O) groups excluding carboxylic acids is 4. The minimum atomic E-state index is -1.04. The summed E-state index contributed by atoms with van der Waals surface area (Å²) in [4.78, 5) is 44.4. The molecule has 0 aliphatic carbocycles. The average Bonchev–Trinajstić information content (AvgIpc) is 2.35. The van der Waals surface area contributed by atoms with Gasteiger partial charge in [0.2, 0.25) is 0 Å². The molecule has 104 valence electrons. The summed E-state index contributed by atoms with van der Waals surface area (Å²) in [6.45, 7) is 2.65. The molecular weight excluding hydrogens is 256 g/mol. The van der Waals surface area contributed by atoms with Crippen molar-refractivity contribution in [2.45, 2.75) is 13.8 Å². The van der Waals surface area contributed by atoms with Crippen LogP contribution in [0.2, 0.25) is 0 Å². The Hall–Kier alpha value is -2.44. The molecule has 7 heteroatoms. The highest BCUT2D eigenvalue weighted by molar-refractivity contribution is 6.03. The maximum Gasteiger partial charge on any atom is 0.339 e. The highest BCUT2D eigenvalue weighted by Crippen LogP contribution is 2.00. The largest absolute Gasteiger partial charge is 0.466 e. The van der Waals surface area contributed by atoms with E-state index in [4.69, 9.17) is 0 Å². The maximum atomic E-state index is 11.2. The highest BCUT2D eigenvalue weighted by atomic mass is 16.6. The molecule has 0 saturated heterocycles. The molecule has 0 radical (unpaired) electrons. The molecule has 0 saturated carbocycles. The van der Waals surface area contributed by atoms with Gasteiger partial charge in [0.1, 0.15) is 0 Å². The molecule has 0 spiro atoms. The van der Waals surface area contributed by atoms with Gasteiger partial charge in [0.15, 0.2) is 0 Å². The van der Waals surface area contributed by atoms with Crippen LogP contribution in [0.15, 0.2) is 23.3 Å². The smallest absolute Gasteiger partial charge is 0.339 e. The van der Waals surface area contributed by atoms with Crippen LogP contribution in [-0.4, -0.2) is 38.1 Å². The molecule has 19 heavy (non-hydrogen) atoms. The Morgan fingerprint density at radius 3 is 1.32 bits per heavy atom. The first kappa shape index (κ1) is 16.6. The van der Waals surface area contributed by atoms with E-state index in [9.17, 15) is 19.2 Å². The first-order valence-electron chi connectivity index (χ1n) is 5.10. The lowest BCUT2D eigenvalue weighted by molar-refractivity contribution is -0.153. The maximum absolute atomic E-state index is 11.2. The number of ether oxygens (including phenoxy) is 3. The molecule has 0 aromatic heterocycles. The third kappa shape index (κ3) is 6.16. The topological polar surface area (TPSA) is 96.0 Å². The summed E-state index contributed by atoms with van der Waals surface area (Å²) < 4.78 is 13.0. The van der Waals surface area contributed by atoms with Crippen LogP contribution in [0.5, 0.6) is 0 Å². The minimum Gasteiger partial charge on any atom is -0.466 e. The van der Waals surface area contributed by atoms with Crippen molar-refractivity contribution < 1.29 is 33.4 Å². The van der Waals surface area contributed by atoms with Crippen LogP contribution in [0, 0.1) is 0 Å². The lowest BCUT2D eigenvalue weighted by Gasteiger charge is -2.00. The number of methoxy groups -OCH3 is 2. The Morgan fingerprint density at radius 2 is 1.05 bits per heavy atom. The van der Waals surface area contributed by atoms with Crippen LogP contribution in [-0.2, 0) is 33.4 Å². The fraction of sp³-hybridized carbons (Fsp3) is 0.333. The summed E-state index contributed by atoms with van der Waals surface area (Å²) in [6.07, 6.45) is 1.62. The van der Waals surface area contributed by atoms with Crippen molar-refractivity contribution in [2.24, 2.45) is 0 Å². The van der Waals surface area contributed by atoms with Crippen molar-refractivity contribution in [1.82, 2.24) is 0 Å². The summed E-state index contributed by atoms with van der Waals surface area (Å²) in [5, 5.41) is 0. The first-order valence-corrected chi connectivity index (χ1v) is 5.10. The van der Waals surface area contributed by atoms with E-state index >= 15 is 0 Å². The van der Waals surface area contributed by atoms with E-state index in [2.05, 4.69) is 14.2 Å². The molecule has 7 nitrogen and oxygen atoms in total. The van der Waals surface area contributed by atoms with Gasteiger partial charge >= 0.3 is 23.9 Å².